The highest BCUT2D eigenvalue weighted by Crippen LogP contribution is 2.23. The van der Waals surface area contributed by atoms with Gasteiger partial charge in [-0.1, -0.05) is 12.1 Å². The van der Waals surface area contributed by atoms with Gasteiger partial charge in [0.2, 0.25) is 0 Å². The number of hydrogen-bond donors (Lipinski definition) is 2. The van der Waals surface area contributed by atoms with Crippen LogP contribution < -0.4 is 15.4 Å². The number of aliphatic imine (C=N–C) groups is 1. The second-order valence-electron chi connectivity index (χ2n) is 6.09. The topological polar surface area (TPSA) is 107 Å². The van der Waals surface area contributed by atoms with E-state index in [-0.39, 0.29) is 18.0 Å². The number of aryl methyl sites for hydroxylation is 1. The molecular weight excluding hydrogens is 393 g/mol. The summed E-state index contributed by atoms with van der Waals surface area (Å²) in [5.74, 6) is 0.558. The van der Waals surface area contributed by atoms with Crippen molar-refractivity contribution in [3.05, 3.63) is 51.8 Å². The molecule has 2 rings (SSSR count). The van der Waals surface area contributed by atoms with Gasteiger partial charge in [0.1, 0.15) is 18.1 Å². The van der Waals surface area contributed by atoms with E-state index in [9.17, 15) is 23.3 Å². The molecule has 0 aliphatic rings. The molecule has 0 saturated carbocycles. The second-order valence-corrected chi connectivity index (χ2v) is 6.09. The maximum absolute atomic E-state index is 12.5. The number of halogens is 3. The monoisotopic (exact) mass is 414 g/mol. The van der Waals surface area contributed by atoms with Crippen molar-refractivity contribution in [2.24, 2.45) is 4.99 Å². The molecule has 0 aliphatic carbocycles. The van der Waals surface area contributed by atoms with Gasteiger partial charge >= 0.3 is 11.9 Å². The van der Waals surface area contributed by atoms with Gasteiger partial charge in [0.15, 0.2) is 12.6 Å². The van der Waals surface area contributed by atoms with E-state index in [0.29, 0.717) is 24.6 Å². The predicted molar refractivity (Wildman–Crippen MR) is 99.8 cm³/mol. The SMILES string of the molecule is CN=C(NCCn1cc([N+](=O)[O-])cn1)NCc1ccc(C)cc1OCC(F)(F)F. The highest BCUT2D eigenvalue weighted by molar-refractivity contribution is 5.79. The number of ether oxygens (including phenoxy) is 1. The number of nitro groups is 1. The minimum atomic E-state index is -4.42. The quantitative estimate of drug-likeness (QED) is 0.297. The van der Waals surface area contributed by atoms with E-state index in [4.69, 9.17) is 4.74 Å². The largest absolute Gasteiger partial charge is 0.484 e. The Morgan fingerprint density at radius 3 is 2.76 bits per heavy atom. The van der Waals surface area contributed by atoms with E-state index in [0.717, 1.165) is 11.8 Å². The van der Waals surface area contributed by atoms with Crippen molar-refractivity contribution in [2.75, 3.05) is 20.2 Å². The molecule has 0 radical (unpaired) electrons. The van der Waals surface area contributed by atoms with Crippen LogP contribution in [0.15, 0.2) is 35.6 Å². The molecule has 29 heavy (non-hydrogen) atoms. The fraction of sp³-hybridized carbons (Fsp3) is 0.412. The smallest absolute Gasteiger partial charge is 0.422 e. The molecule has 1 aromatic heterocycles. The lowest BCUT2D eigenvalue weighted by Gasteiger charge is -2.16. The number of alkyl halides is 3. The van der Waals surface area contributed by atoms with Gasteiger partial charge in [0.05, 0.1) is 11.5 Å². The third kappa shape index (κ3) is 7.31. The first-order chi connectivity index (χ1) is 13.7. The summed E-state index contributed by atoms with van der Waals surface area (Å²) in [5.41, 5.74) is 1.23. The van der Waals surface area contributed by atoms with Crippen LogP contribution in [-0.4, -0.2) is 47.0 Å². The number of nitrogens with one attached hydrogen (secondary N) is 2. The molecule has 0 aliphatic heterocycles. The van der Waals surface area contributed by atoms with E-state index >= 15 is 0 Å². The van der Waals surface area contributed by atoms with Crippen LogP contribution in [0.3, 0.4) is 0 Å². The first-order valence-corrected chi connectivity index (χ1v) is 8.58. The van der Waals surface area contributed by atoms with Crippen molar-refractivity contribution in [1.82, 2.24) is 20.4 Å². The third-order valence-electron chi connectivity index (χ3n) is 3.75. The lowest BCUT2D eigenvalue weighted by Crippen LogP contribution is -2.38. The Balaban J connectivity index is 1.89. The average Bonchev–Trinajstić information content (AvgIpc) is 3.12. The summed E-state index contributed by atoms with van der Waals surface area (Å²) in [5, 5.41) is 20.5. The predicted octanol–water partition coefficient (Wildman–Crippen LogP) is 2.41. The Morgan fingerprint density at radius 1 is 1.38 bits per heavy atom. The Labute approximate surface area is 164 Å². The molecule has 1 aromatic carbocycles. The number of benzene rings is 1. The van der Waals surface area contributed by atoms with E-state index in [1.54, 1.807) is 32.2 Å². The van der Waals surface area contributed by atoms with Gasteiger partial charge in [-0.25, -0.2) is 0 Å². The number of rotatable bonds is 8. The van der Waals surface area contributed by atoms with Crippen LogP contribution in [0.2, 0.25) is 0 Å². The van der Waals surface area contributed by atoms with Crippen LogP contribution in [0.25, 0.3) is 0 Å². The van der Waals surface area contributed by atoms with Crippen molar-refractivity contribution < 1.29 is 22.8 Å². The Hall–Kier alpha value is -3.31. The van der Waals surface area contributed by atoms with Crippen molar-refractivity contribution in [3.63, 3.8) is 0 Å². The first kappa shape index (κ1) is 22.0. The minimum absolute atomic E-state index is 0.0988. The number of guanidine groups is 1. The normalized spacial score (nSPS) is 12.0. The molecule has 0 bridgehead atoms. The third-order valence-corrected chi connectivity index (χ3v) is 3.75. The fourth-order valence-electron chi connectivity index (χ4n) is 2.36. The van der Waals surface area contributed by atoms with Gasteiger partial charge in [-0.3, -0.25) is 19.8 Å². The summed E-state index contributed by atoms with van der Waals surface area (Å²) in [4.78, 5) is 14.2. The van der Waals surface area contributed by atoms with Crippen LogP contribution in [0, 0.1) is 17.0 Å². The fourth-order valence-corrected chi connectivity index (χ4v) is 2.36. The van der Waals surface area contributed by atoms with Gasteiger partial charge in [0.25, 0.3) is 0 Å². The summed E-state index contributed by atoms with van der Waals surface area (Å²) in [6, 6.07) is 5.01. The zero-order valence-electron chi connectivity index (χ0n) is 15.9. The highest BCUT2D eigenvalue weighted by atomic mass is 19.4. The average molecular weight is 414 g/mol. The Bertz CT molecular complexity index is 866. The minimum Gasteiger partial charge on any atom is -0.484 e. The molecular formula is C17H21F3N6O3. The van der Waals surface area contributed by atoms with Gasteiger partial charge in [-0.2, -0.15) is 18.3 Å². The molecule has 0 spiro atoms. The highest BCUT2D eigenvalue weighted by Gasteiger charge is 2.28. The molecule has 0 atom stereocenters. The summed E-state index contributed by atoms with van der Waals surface area (Å²) in [7, 11) is 1.55. The zero-order chi connectivity index (χ0) is 21.4. The van der Waals surface area contributed by atoms with E-state index in [2.05, 4.69) is 20.7 Å². The van der Waals surface area contributed by atoms with Gasteiger partial charge < -0.3 is 15.4 Å². The molecule has 0 unspecified atom stereocenters. The molecule has 158 valence electrons. The van der Waals surface area contributed by atoms with Crippen LogP contribution >= 0.6 is 0 Å². The molecule has 1 heterocycles. The molecule has 0 fully saturated rings. The maximum atomic E-state index is 12.5. The van der Waals surface area contributed by atoms with Gasteiger partial charge in [-0.15, -0.1) is 0 Å². The van der Waals surface area contributed by atoms with Crippen LogP contribution in [0.4, 0.5) is 18.9 Å². The van der Waals surface area contributed by atoms with Crippen molar-refractivity contribution in [1.29, 1.82) is 0 Å². The molecule has 0 amide bonds. The van der Waals surface area contributed by atoms with Crippen molar-refractivity contribution >= 4 is 11.6 Å². The number of hydrogen-bond acceptors (Lipinski definition) is 5. The van der Waals surface area contributed by atoms with E-state index in [1.807, 2.05) is 0 Å². The summed E-state index contributed by atoms with van der Waals surface area (Å²) in [6.45, 7) is 1.33. The molecule has 9 nitrogen and oxygen atoms in total. The lowest BCUT2D eigenvalue weighted by atomic mass is 10.1. The van der Waals surface area contributed by atoms with Crippen molar-refractivity contribution in [2.45, 2.75) is 26.2 Å². The first-order valence-electron chi connectivity index (χ1n) is 8.58. The van der Waals surface area contributed by atoms with Gasteiger partial charge in [-0.05, 0) is 18.6 Å². The number of nitrogens with zero attached hydrogens (tertiary/aromatic N) is 4. The number of aromatic nitrogens is 2. The lowest BCUT2D eigenvalue weighted by molar-refractivity contribution is -0.385. The summed E-state index contributed by atoms with van der Waals surface area (Å²) < 4.78 is 43.7. The van der Waals surface area contributed by atoms with E-state index in [1.165, 1.54) is 10.9 Å². The Kier molecular flexibility index (Phi) is 7.39. The zero-order valence-corrected chi connectivity index (χ0v) is 15.9. The van der Waals surface area contributed by atoms with E-state index < -0.39 is 17.7 Å². The molecule has 2 aromatic rings. The van der Waals surface area contributed by atoms with Crippen LogP contribution in [0.5, 0.6) is 5.75 Å². The summed E-state index contributed by atoms with van der Waals surface area (Å²) >= 11 is 0. The van der Waals surface area contributed by atoms with Crippen molar-refractivity contribution in [3.8, 4) is 5.75 Å². The summed E-state index contributed by atoms with van der Waals surface area (Å²) in [6.07, 6.45) is -1.95. The molecule has 2 N–H and O–H groups in total. The molecule has 12 heteroatoms. The van der Waals surface area contributed by atoms with Crippen LogP contribution in [0.1, 0.15) is 11.1 Å². The van der Waals surface area contributed by atoms with Gasteiger partial charge in [0, 0.05) is 25.7 Å². The van der Waals surface area contributed by atoms with Crippen LogP contribution in [-0.2, 0) is 13.1 Å². The Morgan fingerprint density at radius 2 is 2.14 bits per heavy atom. The molecule has 0 saturated heterocycles. The standard InChI is InChI=1S/C17H21F3N6O3/c1-12-3-4-13(15(7-12)29-11-17(18,19)20)8-23-16(21-2)22-5-6-25-10-14(9-24-25)26(27)28/h3-4,7,9-10H,5-6,8,11H2,1-2H3,(H2,21,22,23). The second kappa shape index (κ2) is 9.75. The maximum Gasteiger partial charge on any atom is 0.422 e.